The zero-order valence-corrected chi connectivity index (χ0v) is 20.2. The normalized spacial score (nSPS) is 23.4. The second-order valence-corrected chi connectivity index (χ2v) is 10.4. The molecule has 0 unspecified atom stereocenters. The van der Waals surface area contributed by atoms with E-state index in [-0.39, 0.29) is 16.8 Å². The highest BCUT2D eigenvalue weighted by atomic mass is 16.5. The van der Waals surface area contributed by atoms with Gasteiger partial charge in [0.2, 0.25) is 0 Å². The van der Waals surface area contributed by atoms with Crippen LogP contribution in [-0.2, 0) is 15.6 Å². The number of hydrogen-bond acceptors (Lipinski definition) is 4. The van der Waals surface area contributed by atoms with Crippen molar-refractivity contribution >= 4 is 5.97 Å². The minimum Gasteiger partial charge on any atom is -0.496 e. The van der Waals surface area contributed by atoms with Crippen molar-refractivity contribution in [3.05, 3.63) is 76.6 Å². The first kappa shape index (κ1) is 22.6. The predicted molar refractivity (Wildman–Crippen MR) is 128 cm³/mol. The summed E-state index contributed by atoms with van der Waals surface area (Å²) in [5.74, 6) is 1.44. The van der Waals surface area contributed by atoms with Gasteiger partial charge in [-0.25, -0.2) is 4.79 Å². The average Bonchev–Trinajstić information content (AvgIpc) is 3.10. The van der Waals surface area contributed by atoms with Gasteiger partial charge in [-0.05, 0) is 79.7 Å². The maximum atomic E-state index is 12.9. The lowest BCUT2D eigenvalue weighted by Gasteiger charge is -2.41. The zero-order valence-electron chi connectivity index (χ0n) is 20.2. The Balaban J connectivity index is 1.57. The molecule has 1 saturated heterocycles. The van der Waals surface area contributed by atoms with Crippen molar-refractivity contribution in [3.63, 3.8) is 0 Å². The monoisotopic (exact) mass is 433 g/mol. The Kier molecular flexibility index (Phi) is 5.93. The van der Waals surface area contributed by atoms with Gasteiger partial charge in [-0.1, -0.05) is 45.0 Å². The van der Waals surface area contributed by atoms with Crippen molar-refractivity contribution in [2.24, 2.45) is 0 Å². The number of ether oxygens (including phenoxy) is 2. The van der Waals surface area contributed by atoms with Crippen molar-refractivity contribution in [1.29, 1.82) is 0 Å². The summed E-state index contributed by atoms with van der Waals surface area (Å²) < 4.78 is 11.4. The van der Waals surface area contributed by atoms with Crippen molar-refractivity contribution in [2.75, 3.05) is 20.7 Å². The molecule has 2 aromatic rings. The van der Waals surface area contributed by atoms with Crippen LogP contribution in [0.2, 0.25) is 0 Å². The van der Waals surface area contributed by atoms with Gasteiger partial charge in [0.25, 0.3) is 0 Å². The second-order valence-electron chi connectivity index (χ2n) is 10.4. The van der Waals surface area contributed by atoms with Crippen LogP contribution in [-0.4, -0.2) is 37.6 Å². The standard InChI is InChI=1S/C28H35NO3/c1-19-16-22(10-11-24(19)31-6)28-13-12-23(18-25(28)29(5)15-14-28)32-26(30)20-8-7-9-21(17-20)27(2,3)4/h7-12,16-17,25H,13-15,18H2,1-6H3/t25-,28-/m0/s1. The number of fused-ring (bicyclic) bond motifs is 1. The molecule has 32 heavy (non-hydrogen) atoms. The van der Waals surface area contributed by atoms with E-state index in [9.17, 15) is 4.79 Å². The largest absolute Gasteiger partial charge is 0.496 e. The van der Waals surface area contributed by atoms with Crippen molar-refractivity contribution in [3.8, 4) is 5.75 Å². The minimum atomic E-state index is -0.268. The molecule has 170 valence electrons. The highest BCUT2D eigenvalue weighted by molar-refractivity contribution is 5.90. The number of nitrogens with zero attached hydrogens (tertiary/aromatic N) is 1. The van der Waals surface area contributed by atoms with E-state index >= 15 is 0 Å². The fraction of sp³-hybridized carbons (Fsp3) is 0.464. The Bertz CT molecular complexity index is 1050. The van der Waals surface area contributed by atoms with Crippen LogP contribution in [0.15, 0.2) is 54.3 Å². The fourth-order valence-corrected chi connectivity index (χ4v) is 5.30. The molecule has 0 aromatic heterocycles. The van der Waals surface area contributed by atoms with E-state index < -0.39 is 0 Å². The molecule has 0 radical (unpaired) electrons. The van der Waals surface area contributed by atoms with Crippen LogP contribution in [0.1, 0.15) is 67.1 Å². The first-order valence-electron chi connectivity index (χ1n) is 11.5. The molecule has 0 amide bonds. The molecule has 2 atom stereocenters. The third-order valence-corrected chi connectivity index (χ3v) is 7.33. The van der Waals surface area contributed by atoms with Crippen LogP contribution in [0.3, 0.4) is 0 Å². The molecule has 1 heterocycles. The number of esters is 1. The molecule has 2 aromatic carbocycles. The number of aryl methyl sites for hydroxylation is 1. The lowest BCUT2D eigenvalue weighted by atomic mass is 9.68. The number of benzene rings is 2. The number of carbonyl (C=O) groups is 1. The maximum absolute atomic E-state index is 12.9. The summed E-state index contributed by atoms with van der Waals surface area (Å²) in [6.07, 6.45) is 4.86. The first-order valence-corrected chi connectivity index (χ1v) is 11.5. The van der Waals surface area contributed by atoms with E-state index in [1.165, 1.54) is 5.56 Å². The first-order chi connectivity index (χ1) is 15.1. The van der Waals surface area contributed by atoms with Gasteiger partial charge in [-0.15, -0.1) is 0 Å². The van der Waals surface area contributed by atoms with E-state index in [0.29, 0.717) is 11.6 Å². The number of methoxy groups -OCH3 is 1. The van der Waals surface area contributed by atoms with Crippen molar-refractivity contribution in [2.45, 2.75) is 63.8 Å². The third kappa shape index (κ3) is 4.09. The Morgan fingerprint density at radius 2 is 1.94 bits per heavy atom. The molecule has 1 aliphatic heterocycles. The van der Waals surface area contributed by atoms with E-state index in [1.807, 2.05) is 18.2 Å². The van der Waals surface area contributed by atoms with Crippen LogP contribution < -0.4 is 4.74 Å². The van der Waals surface area contributed by atoms with Gasteiger partial charge in [0.1, 0.15) is 11.5 Å². The smallest absolute Gasteiger partial charge is 0.343 e. The molecule has 4 heteroatoms. The van der Waals surface area contributed by atoms with E-state index in [4.69, 9.17) is 9.47 Å². The average molecular weight is 434 g/mol. The van der Waals surface area contributed by atoms with Gasteiger partial charge in [-0.2, -0.15) is 0 Å². The molecule has 0 saturated carbocycles. The van der Waals surface area contributed by atoms with Gasteiger partial charge in [0, 0.05) is 17.9 Å². The van der Waals surface area contributed by atoms with Crippen LogP contribution in [0.4, 0.5) is 0 Å². The number of carbonyl (C=O) groups excluding carboxylic acids is 1. The SMILES string of the molecule is COc1ccc([C@@]23CC=C(OC(=O)c4cccc(C(C)(C)C)c4)C[C@@H]2N(C)CC3)cc1C. The summed E-state index contributed by atoms with van der Waals surface area (Å²) in [6.45, 7) is 9.59. The lowest BCUT2D eigenvalue weighted by molar-refractivity contribution is 0.0579. The molecular formula is C28H35NO3. The summed E-state index contributed by atoms with van der Waals surface area (Å²) in [5.41, 5.74) is 4.30. The van der Waals surface area contributed by atoms with E-state index in [1.54, 1.807) is 7.11 Å². The van der Waals surface area contributed by atoms with E-state index in [0.717, 1.165) is 48.4 Å². The topological polar surface area (TPSA) is 38.8 Å². The number of likely N-dealkylation sites (N-methyl/N-ethyl adjacent to an activating group) is 1. The molecular weight excluding hydrogens is 398 g/mol. The third-order valence-electron chi connectivity index (χ3n) is 7.33. The number of hydrogen-bond donors (Lipinski definition) is 0. The van der Waals surface area contributed by atoms with Crippen molar-refractivity contribution in [1.82, 2.24) is 4.90 Å². The van der Waals surface area contributed by atoms with Crippen LogP contribution in [0.25, 0.3) is 0 Å². The molecule has 1 aliphatic carbocycles. The molecule has 0 bridgehead atoms. The van der Waals surface area contributed by atoms with Crippen molar-refractivity contribution < 1.29 is 14.3 Å². The highest BCUT2D eigenvalue weighted by Crippen LogP contribution is 2.48. The molecule has 4 rings (SSSR count). The van der Waals surface area contributed by atoms with Gasteiger partial charge in [-0.3, -0.25) is 0 Å². The summed E-state index contributed by atoms with van der Waals surface area (Å²) >= 11 is 0. The minimum absolute atomic E-state index is 0.0109. The summed E-state index contributed by atoms with van der Waals surface area (Å²) in [5, 5.41) is 0. The molecule has 0 N–H and O–H groups in total. The van der Waals surface area contributed by atoms with Gasteiger partial charge >= 0.3 is 5.97 Å². The van der Waals surface area contributed by atoms with Crippen LogP contribution in [0, 0.1) is 6.92 Å². The summed E-state index contributed by atoms with van der Waals surface area (Å²) in [6, 6.07) is 14.7. The van der Waals surface area contributed by atoms with Gasteiger partial charge in [0.15, 0.2) is 0 Å². The van der Waals surface area contributed by atoms with E-state index in [2.05, 4.69) is 70.0 Å². The molecule has 2 aliphatic rings. The Hall–Kier alpha value is -2.59. The predicted octanol–water partition coefficient (Wildman–Crippen LogP) is 5.78. The number of rotatable bonds is 4. The van der Waals surface area contributed by atoms with Crippen LogP contribution in [0.5, 0.6) is 5.75 Å². The lowest BCUT2D eigenvalue weighted by Crippen LogP contribution is -2.43. The second kappa shape index (κ2) is 8.40. The highest BCUT2D eigenvalue weighted by Gasteiger charge is 2.49. The Morgan fingerprint density at radius 1 is 1.16 bits per heavy atom. The Labute approximate surface area is 192 Å². The maximum Gasteiger partial charge on any atom is 0.343 e. The quantitative estimate of drug-likeness (QED) is 0.573. The molecule has 0 spiro atoms. The number of likely N-dealkylation sites (tertiary alicyclic amines) is 1. The summed E-state index contributed by atoms with van der Waals surface area (Å²) in [4.78, 5) is 15.4. The Morgan fingerprint density at radius 3 is 2.62 bits per heavy atom. The van der Waals surface area contributed by atoms with Gasteiger partial charge in [0.05, 0.1) is 12.7 Å². The van der Waals surface area contributed by atoms with Crippen LogP contribution >= 0.6 is 0 Å². The van der Waals surface area contributed by atoms with Gasteiger partial charge < -0.3 is 14.4 Å². The molecule has 1 fully saturated rings. The zero-order chi connectivity index (χ0) is 23.1. The summed E-state index contributed by atoms with van der Waals surface area (Å²) in [7, 11) is 3.90. The fourth-order valence-electron chi connectivity index (χ4n) is 5.30. The number of allylic oxidation sites excluding steroid dienone is 1. The molecule has 4 nitrogen and oxygen atoms in total.